The maximum absolute atomic E-state index is 12.4. The smallest absolute Gasteiger partial charge is 0.255 e. The highest BCUT2D eigenvalue weighted by atomic mass is 16.5. The fourth-order valence-corrected chi connectivity index (χ4v) is 3.14. The van der Waals surface area contributed by atoms with Crippen molar-refractivity contribution in [1.29, 1.82) is 0 Å². The number of anilines is 1. The number of hydrogen-bond donors (Lipinski definition) is 2. The molecule has 4 nitrogen and oxygen atoms in total. The fourth-order valence-electron chi connectivity index (χ4n) is 3.14. The Hall–Kier alpha value is -2.17. The van der Waals surface area contributed by atoms with Crippen LogP contribution in [0.2, 0.25) is 0 Å². The Kier molecular flexibility index (Phi) is 5.28. The van der Waals surface area contributed by atoms with Gasteiger partial charge in [0, 0.05) is 16.8 Å². The van der Waals surface area contributed by atoms with Crippen LogP contribution in [0.3, 0.4) is 0 Å². The van der Waals surface area contributed by atoms with Crippen molar-refractivity contribution >= 4 is 11.6 Å². The minimum atomic E-state index is -0.0617. The van der Waals surface area contributed by atoms with E-state index in [9.17, 15) is 4.79 Å². The van der Waals surface area contributed by atoms with Gasteiger partial charge >= 0.3 is 0 Å². The molecule has 1 saturated heterocycles. The van der Waals surface area contributed by atoms with E-state index in [4.69, 9.17) is 4.74 Å². The summed E-state index contributed by atoms with van der Waals surface area (Å²) in [7, 11) is 0. The van der Waals surface area contributed by atoms with Crippen molar-refractivity contribution in [1.82, 2.24) is 0 Å². The van der Waals surface area contributed by atoms with E-state index < -0.39 is 0 Å². The van der Waals surface area contributed by atoms with Gasteiger partial charge in [-0.15, -0.1) is 0 Å². The molecule has 1 fully saturated rings. The zero-order chi connectivity index (χ0) is 16.9. The van der Waals surface area contributed by atoms with Crippen LogP contribution >= 0.6 is 0 Å². The lowest BCUT2D eigenvalue weighted by Crippen LogP contribution is -3.12. The van der Waals surface area contributed by atoms with E-state index in [2.05, 4.69) is 23.5 Å². The number of benzene rings is 2. The molecular weight excluding hydrogens is 300 g/mol. The zero-order valence-corrected chi connectivity index (χ0v) is 14.4. The van der Waals surface area contributed by atoms with Crippen LogP contribution in [0.1, 0.15) is 27.0 Å². The average Bonchev–Trinajstić information content (AvgIpc) is 2.57. The van der Waals surface area contributed by atoms with Crippen molar-refractivity contribution in [2.45, 2.75) is 20.4 Å². The van der Waals surface area contributed by atoms with Crippen LogP contribution in [0.4, 0.5) is 5.69 Å². The highest BCUT2D eigenvalue weighted by Gasteiger charge is 2.14. The number of carbonyl (C=O) groups is 1. The van der Waals surface area contributed by atoms with Crippen molar-refractivity contribution in [3.8, 4) is 0 Å². The number of hydrogen-bond acceptors (Lipinski definition) is 2. The number of morpholine rings is 1. The summed E-state index contributed by atoms with van der Waals surface area (Å²) in [5, 5.41) is 2.98. The molecule has 2 aromatic carbocycles. The molecule has 0 spiro atoms. The topological polar surface area (TPSA) is 42.8 Å². The molecule has 0 unspecified atom stereocenters. The first-order chi connectivity index (χ1) is 11.6. The summed E-state index contributed by atoms with van der Waals surface area (Å²) >= 11 is 0. The molecule has 2 aromatic rings. The molecule has 1 heterocycles. The molecule has 126 valence electrons. The van der Waals surface area contributed by atoms with Crippen LogP contribution in [0.25, 0.3) is 0 Å². The van der Waals surface area contributed by atoms with Gasteiger partial charge in [0.15, 0.2) is 0 Å². The maximum Gasteiger partial charge on any atom is 0.255 e. The van der Waals surface area contributed by atoms with Gasteiger partial charge in [-0.05, 0) is 38.1 Å². The largest absolute Gasteiger partial charge is 0.370 e. The molecule has 0 saturated carbocycles. The summed E-state index contributed by atoms with van der Waals surface area (Å²) in [6.45, 7) is 8.84. The van der Waals surface area contributed by atoms with Gasteiger partial charge in [0.25, 0.3) is 5.91 Å². The number of ether oxygens (including phenoxy) is 1. The average molecular weight is 325 g/mol. The Balaban J connectivity index is 1.62. The van der Waals surface area contributed by atoms with Gasteiger partial charge in [0.05, 0.1) is 13.2 Å². The fraction of sp³-hybridized carbons (Fsp3) is 0.350. The molecule has 0 aromatic heterocycles. The van der Waals surface area contributed by atoms with Crippen LogP contribution in [-0.2, 0) is 11.3 Å². The summed E-state index contributed by atoms with van der Waals surface area (Å²) in [6.07, 6.45) is 0. The first kappa shape index (κ1) is 16.7. The summed E-state index contributed by atoms with van der Waals surface area (Å²) in [5.41, 5.74) is 5.03. The lowest BCUT2D eigenvalue weighted by atomic mass is 10.1. The predicted molar refractivity (Wildman–Crippen MR) is 95.5 cm³/mol. The van der Waals surface area contributed by atoms with Crippen molar-refractivity contribution < 1.29 is 14.4 Å². The van der Waals surface area contributed by atoms with Crippen molar-refractivity contribution in [3.05, 3.63) is 64.7 Å². The predicted octanol–water partition coefficient (Wildman–Crippen LogP) is 1.97. The monoisotopic (exact) mass is 325 g/mol. The summed E-state index contributed by atoms with van der Waals surface area (Å²) < 4.78 is 5.39. The van der Waals surface area contributed by atoms with E-state index in [0.717, 1.165) is 49.7 Å². The molecule has 3 rings (SSSR count). The molecule has 0 atom stereocenters. The van der Waals surface area contributed by atoms with E-state index in [1.165, 1.54) is 5.56 Å². The van der Waals surface area contributed by atoms with Crippen LogP contribution < -0.4 is 10.2 Å². The van der Waals surface area contributed by atoms with Crippen molar-refractivity contribution in [2.24, 2.45) is 0 Å². The van der Waals surface area contributed by atoms with E-state index >= 15 is 0 Å². The molecular formula is C20H25N2O2+. The van der Waals surface area contributed by atoms with Gasteiger partial charge in [0.1, 0.15) is 19.6 Å². The molecule has 4 heteroatoms. The quantitative estimate of drug-likeness (QED) is 0.902. The Morgan fingerprint density at radius 2 is 1.67 bits per heavy atom. The molecule has 0 radical (unpaired) electrons. The Bertz CT molecular complexity index is 684. The van der Waals surface area contributed by atoms with E-state index in [-0.39, 0.29) is 5.91 Å². The minimum Gasteiger partial charge on any atom is -0.370 e. The first-order valence-electron chi connectivity index (χ1n) is 8.50. The first-order valence-corrected chi connectivity index (χ1v) is 8.50. The van der Waals surface area contributed by atoms with Gasteiger partial charge in [-0.2, -0.15) is 0 Å². The van der Waals surface area contributed by atoms with E-state index in [0.29, 0.717) is 5.56 Å². The number of aryl methyl sites for hydroxylation is 2. The van der Waals surface area contributed by atoms with Crippen LogP contribution in [0, 0.1) is 13.8 Å². The summed E-state index contributed by atoms with van der Waals surface area (Å²) in [4.78, 5) is 13.9. The second kappa shape index (κ2) is 7.60. The lowest BCUT2D eigenvalue weighted by molar-refractivity contribution is -0.921. The number of quaternary nitrogens is 1. The highest BCUT2D eigenvalue weighted by Crippen LogP contribution is 2.13. The maximum atomic E-state index is 12.4. The highest BCUT2D eigenvalue weighted by molar-refractivity contribution is 6.04. The third kappa shape index (κ3) is 4.43. The number of nitrogens with one attached hydrogen (secondary N) is 2. The van der Waals surface area contributed by atoms with Gasteiger partial charge < -0.3 is 15.0 Å². The third-order valence-electron chi connectivity index (χ3n) is 4.35. The van der Waals surface area contributed by atoms with Crippen molar-refractivity contribution in [3.63, 3.8) is 0 Å². The molecule has 1 aliphatic heterocycles. The summed E-state index contributed by atoms with van der Waals surface area (Å²) in [6, 6.07) is 14.1. The number of carbonyl (C=O) groups excluding carboxylic acids is 1. The van der Waals surface area contributed by atoms with Gasteiger partial charge in [-0.1, -0.05) is 29.3 Å². The molecule has 1 amide bonds. The lowest BCUT2D eigenvalue weighted by Gasteiger charge is -2.23. The van der Waals surface area contributed by atoms with E-state index in [1.807, 2.05) is 38.1 Å². The van der Waals surface area contributed by atoms with Gasteiger partial charge in [-0.25, -0.2) is 0 Å². The second-order valence-corrected chi connectivity index (χ2v) is 6.57. The number of amides is 1. The Morgan fingerprint density at radius 1 is 1.04 bits per heavy atom. The second-order valence-electron chi connectivity index (χ2n) is 6.57. The SMILES string of the molecule is Cc1cc(C)cc(C(=O)Nc2ccc(C[NH+]3CCOCC3)cc2)c1. The van der Waals surface area contributed by atoms with Crippen LogP contribution in [-0.4, -0.2) is 32.2 Å². The number of rotatable bonds is 4. The molecule has 0 bridgehead atoms. The van der Waals surface area contributed by atoms with Gasteiger partial charge in [-0.3, -0.25) is 4.79 Å². The van der Waals surface area contributed by atoms with Crippen LogP contribution in [0.5, 0.6) is 0 Å². The van der Waals surface area contributed by atoms with E-state index in [1.54, 1.807) is 4.90 Å². The standard InChI is InChI=1S/C20H24N2O2/c1-15-11-16(2)13-18(12-15)20(23)21-19-5-3-17(4-6-19)14-22-7-9-24-10-8-22/h3-6,11-13H,7-10,14H2,1-2H3,(H,21,23)/p+1. The molecule has 24 heavy (non-hydrogen) atoms. The molecule has 1 aliphatic rings. The normalized spacial score (nSPS) is 15.2. The summed E-state index contributed by atoms with van der Waals surface area (Å²) in [5.74, 6) is -0.0617. The Labute approximate surface area is 143 Å². The zero-order valence-electron chi connectivity index (χ0n) is 14.4. The molecule has 0 aliphatic carbocycles. The Morgan fingerprint density at radius 3 is 2.29 bits per heavy atom. The third-order valence-corrected chi connectivity index (χ3v) is 4.35. The molecule has 2 N–H and O–H groups in total. The van der Waals surface area contributed by atoms with Crippen LogP contribution in [0.15, 0.2) is 42.5 Å². The minimum absolute atomic E-state index is 0.0617. The van der Waals surface area contributed by atoms with Gasteiger partial charge in [0.2, 0.25) is 0 Å². The van der Waals surface area contributed by atoms with Crippen molar-refractivity contribution in [2.75, 3.05) is 31.6 Å².